The largest absolute Gasteiger partial charge is 0.0856 e. The van der Waals surface area contributed by atoms with Crippen LogP contribution in [0.15, 0.2) is 24.3 Å². The lowest BCUT2D eigenvalue weighted by atomic mass is 9.67. The summed E-state index contributed by atoms with van der Waals surface area (Å²) in [6.07, 6.45) is 9.12. The van der Waals surface area contributed by atoms with Gasteiger partial charge < -0.3 is 0 Å². The molecule has 23 heavy (non-hydrogen) atoms. The lowest BCUT2D eigenvalue weighted by Crippen LogP contribution is -2.26. The lowest BCUT2D eigenvalue weighted by Gasteiger charge is -2.37. The van der Waals surface area contributed by atoms with E-state index < -0.39 is 0 Å². The average molecular weight is 422 g/mol. The quantitative estimate of drug-likeness (QED) is 0.260. The van der Waals surface area contributed by atoms with Crippen LogP contribution in [0.5, 0.6) is 0 Å². The molecule has 0 saturated heterocycles. The van der Waals surface area contributed by atoms with E-state index in [1.807, 2.05) is 0 Å². The highest BCUT2D eigenvalue weighted by Crippen LogP contribution is 2.41. The van der Waals surface area contributed by atoms with E-state index in [1.54, 1.807) is 0 Å². The zero-order chi connectivity index (χ0) is 16.8. The minimum atomic E-state index is 0.679. The third kappa shape index (κ3) is 6.10. The van der Waals surface area contributed by atoms with Gasteiger partial charge in [-0.25, -0.2) is 0 Å². The van der Waals surface area contributed by atoms with Crippen LogP contribution in [0.3, 0.4) is 0 Å². The minimum Gasteiger partial charge on any atom is -0.0856 e. The maximum absolute atomic E-state index is 6.09. The van der Waals surface area contributed by atoms with Gasteiger partial charge in [-0.05, 0) is 68.3 Å². The van der Waals surface area contributed by atoms with Gasteiger partial charge in [-0.3, -0.25) is 0 Å². The highest BCUT2D eigenvalue weighted by atomic mass is 127. The number of hydrogen-bond acceptors (Lipinski definition) is 0. The van der Waals surface area contributed by atoms with Crippen LogP contribution in [0.1, 0.15) is 69.4 Å². The van der Waals surface area contributed by atoms with Crippen LogP contribution in [0, 0.1) is 24.7 Å². The van der Waals surface area contributed by atoms with Gasteiger partial charge in [0.2, 0.25) is 0 Å². The molecule has 5 atom stereocenters. The Labute approximate surface area is 158 Å². The van der Waals surface area contributed by atoms with Gasteiger partial charge in [-0.2, -0.15) is 0 Å². The van der Waals surface area contributed by atoms with Gasteiger partial charge in [-0.15, -0.1) is 0 Å². The van der Waals surface area contributed by atoms with Gasteiger partial charge in [0.15, 0.2) is 0 Å². The number of aryl methyl sites for hydroxylation is 1. The van der Waals surface area contributed by atoms with Gasteiger partial charge in [0.25, 0.3) is 0 Å². The predicted octanol–water partition coefficient (Wildman–Crippen LogP) is 6.71. The fourth-order valence-corrected chi connectivity index (χ4v) is 4.98. The summed E-state index contributed by atoms with van der Waals surface area (Å²) in [7, 11) is 6.09. The van der Waals surface area contributed by atoms with E-state index in [0.717, 1.165) is 28.0 Å². The fourth-order valence-electron chi connectivity index (χ4n) is 4.33. The van der Waals surface area contributed by atoms with E-state index in [9.17, 15) is 0 Å². The van der Waals surface area contributed by atoms with Crippen molar-refractivity contribution in [2.75, 3.05) is 0 Å². The normalized spacial score (nSPS) is 27.6. The molecule has 0 aromatic heterocycles. The minimum absolute atomic E-state index is 0.679. The Hall–Kier alpha value is 0.0149. The lowest BCUT2D eigenvalue weighted by molar-refractivity contribution is 0.176. The van der Waals surface area contributed by atoms with E-state index in [0.29, 0.717) is 5.92 Å². The molecule has 0 N–H and O–H groups in total. The molecule has 1 saturated carbocycles. The Balaban J connectivity index is 1.82. The van der Waals surface area contributed by atoms with Gasteiger partial charge in [-0.1, -0.05) is 79.0 Å². The Morgan fingerprint density at radius 2 is 2.00 bits per heavy atom. The van der Waals surface area contributed by atoms with Crippen LogP contribution in [-0.4, -0.2) is 11.8 Å². The number of hydrogen-bond donors (Lipinski definition) is 0. The molecule has 0 nitrogen and oxygen atoms in total. The summed E-state index contributed by atoms with van der Waals surface area (Å²) in [5, 5.41) is 0. The smallest absolute Gasteiger partial charge is 0.0656 e. The van der Waals surface area contributed by atoms with Crippen molar-refractivity contribution in [3.63, 3.8) is 0 Å². The fraction of sp³-hybridized carbons (Fsp3) is 0.714. The summed E-state index contributed by atoms with van der Waals surface area (Å²) in [5.41, 5.74) is 2.89. The number of halogens is 1. The summed E-state index contributed by atoms with van der Waals surface area (Å²) in [4.78, 5) is 0. The standard InChI is InChI=1S/C21H32BI/c1-15-5-4-6-19(11-15)16(2)7-8-18-9-10-20(12-17(3)23)21(13-18)14-22/h4-6,11,16-18,20-21H,7-10,12-14H2,1-3H3. The molecule has 1 fully saturated rings. The maximum atomic E-state index is 6.09. The van der Waals surface area contributed by atoms with Crippen molar-refractivity contribution in [3.8, 4) is 0 Å². The monoisotopic (exact) mass is 422 g/mol. The van der Waals surface area contributed by atoms with Crippen molar-refractivity contribution in [2.45, 2.75) is 75.5 Å². The highest BCUT2D eigenvalue weighted by molar-refractivity contribution is 14.1. The topological polar surface area (TPSA) is 0 Å². The molecule has 0 heterocycles. The summed E-state index contributed by atoms with van der Waals surface area (Å²) >= 11 is 2.57. The average Bonchev–Trinajstić information content (AvgIpc) is 2.53. The molecule has 1 aliphatic carbocycles. The molecule has 126 valence electrons. The molecule has 0 bridgehead atoms. The molecule has 1 aromatic carbocycles. The Morgan fingerprint density at radius 3 is 2.65 bits per heavy atom. The third-order valence-electron chi connectivity index (χ3n) is 5.80. The van der Waals surface area contributed by atoms with Crippen molar-refractivity contribution in [1.82, 2.24) is 0 Å². The Bertz CT molecular complexity index is 471. The first-order valence-electron chi connectivity index (χ1n) is 9.40. The van der Waals surface area contributed by atoms with Crippen molar-refractivity contribution < 1.29 is 0 Å². The SMILES string of the molecule is [B]CC1CC(CCC(C)c2cccc(C)c2)CCC1CC(C)I. The molecule has 0 spiro atoms. The second kappa shape index (κ2) is 9.49. The summed E-state index contributed by atoms with van der Waals surface area (Å²) in [6, 6.07) is 9.03. The van der Waals surface area contributed by atoms with Crippen LogP contribution >= 0.6 is 22.6 Å². The predicted molar refractivity (Wildman–Crippen MR) is 112 cm³/mol. The Kier molecular flexibility index (Phi) is 7.98. The zero-order valence-corrected chi connectivity index (χ0v) is 17.3. The molecule has 2 radical (unpaired) electrons. The van der Waals surface area contributed by atoms with Crippen molar-refractivity contribution in [1.29, 1.82) is 0 Å². The number of rotatable bonds is 7. The first-order chi connectivity index (χ1) is 11.0. The highest BCUT2D eigenvalue weighted by Gasteiger charge is 2.29. The van der Waals surface area contributed by atoms with E-state index in [2.05, 4.69) is 67.6 Å². The third-order valence-corrected chi connectivity index (χ3v) is 6.31. The van der Waals surface area contributed by atoms with Crippen LogP contribution < -0.4 is 0 Å². The summed E-state index contributed by atoms with van der Waals surface area (Å²) in [6.45, 7) is 6.92. The molecule has 5 unspecified atom stereocenters. The maximum Gasteiger partial charge on any atom is 0.0656 e. The first kappa shape index (κ1) is 19.3. The van der Waals surface area contributed by atoms with Crippen LogP contribution in [0.25, 0.3) is 0 Å². The second-order valence-corrected chi connectivity index (χ2v) is 9.97. The number of benzene rings is 1. The molecule has 2 rings (SSSR count). The van der Waals surface area contributed by atoms with E-state index in [-0.39, 0.29) is 0 Å². The van der Waals surface area contributed by atoms with Crippen LogP contribution in [0.4, 0.5) is 0 Å². The van der Waals surface area contributed by atoms with Gasteiger partial charge >= 0.3 is 0 Å². The molecule has 1 aromatic rings. The zero-order valence-electron chi connectivity index (χ0n) is 15.1. The van der Waals surface area contributed by atoms with Crippen molar-refractivity contribution in [3.05, 3.63) is 35.4 Å². The molecule has 2 heteroatoms. The second-order valence-electron chi connectivity index (χ2n) is 7.84. The summed E-state index contributed by atoms with van der Waals surface area (Å²) in [5.74, 6) is 3.22. The van der Waals surface area contributed by atoms with Crippen molar-refractivity contribution >= 4 is 30.4 Å². The van der Waals surface area contributed by atoms with Gasteiger partial charge in [0, 0.05) is 3.92 Å². The van der Waals surface area contributed by atoms with Crippen LogP contribution in [0.2, 0.25) is 6.32 Å². The van der Waals surface area contributed by atoms with Gasteiger partial charge in [0.05, 0.1) is 7.85 Å². The molecule has 1 aliphatic rings. The number of alkyl halides is 1. The first-order valence-corrected chi connectivity index (χ1v) is 10.6. The van der Waals surface area contributed by atoms with Crippen LogP contribution in [-0.2, 0) is 0 Å². The molecular formula is C21H32BI. The van der Waals surface area contributed by atoms with E-state index in [1.165, 1.54) is 49.7 Å². The molecule has 0 aliphatic heterocycles. The molecular weight excluding hydrogens is 390 g/mol. The summed E-state index contributed by atoms with van der Waals surface area (Å²) < 4.78 is 0.782. The van der Waals surface area contributed by atoms with E-state index >= 15 is 0 Å². The van der Waals surface area contributed by atoms with Crippen molar-refractivity contribution in [2.24, 2.45) is 17.8 Å². The van der Waals surface area contributed by atoms with Gasteiger partial charge in [0.1, 0.15) is 0 Å². The van der Waals surface area contributed by atoms with E-state index in [4.69, 9.17) is 7.85 Å². The molecule has 0 amide bonds. The Morgan fingerprint density at radius 1 is 1.22 bits per heavy atom.